The Balaban J connectivity index is 0. The molecule has 0 saturated carbocycles. The van der Waals surface area contributed by atoms with Crippen molar-refractivity contribution >= 4 is 21.6 Å². The molecule has 0 spiro atoms. The zero-order valence-electron chi connectivity index (χ0n) is 5.80. The molecule has 0 aliphatic carbocycles. The lowest BCUT2D eigenvalue weighted by atomic mass is 10.8. The summed E-state index contributed by atoms with van der Waals surface area (Å²) in [6.07, 6.45) is 3.81. The Hall–Kier alpha value is 0.180. The highest BCUT2D eigenvalue weighted by molar-refractivity contribution is 8.76. The van der Waals surface area contributed by atoms with Gasteiger partial charge in [0.15, 0.2) is 0 Å². The van der Waals surface area contributed by atoms with Gasteiger partial charge in [-0.2, -0.15) is 0 Å². The van der Waals surface area contributed by atoms with Crippen LogP contribution in [0.25, 0.3) is 0 Å². The Morgan fingerprint density at radius 2 is 1.50 bits per heavy atom. The van der Waals surface area contributed by atoms with Crippen LogP contribution in [0.1, 0.15) is 1.43 Å². The van der Waals surface area contributed by atoms with Gasteiger partial charge in [0.2, 0.25) is 0 Å². The number of hydrogen-bond donors (Lipinski definition) is 0. The largest absolute Gasteiger partial charge is 1.00 e. The van der Waals surface area contributed by atoms with Crippen LogP contribution in [-0.4, -0.2) is 11.5 Å². The summed E-state index contributed by atoms with van der Waals surface area (Å²) in [6, 6.07) is 0. The van der Waals surface area contributed by atoms with Crippen molar-refractivity contribution in [3.05, 3.63) is 25.3 Å². The Labute approximate surface area is 60.3 Å². The van der Waals surface area contributed by atoms with Crippen LogP contribution in [0.5, 0.6) is 0 Å². The fourth-order valence-corrected chi connectivity index (χ4v) is 1.73. The first kappa shape index (κ1) is 8.18. The third-order valence-corrected chi connectivity index (χ3v) is 2.68. The number of rotatable bonds is 5. The van der Waals surface area contributed by atoms with Crippen LogP contribution in [-0.2, 0) is 0 Å². The molecule has 0 atom stereocenters. The zero-order valence-corrected chi connectivity index (χ0v) is 6.43. The van der Waals surface area contributed by atoms with E-state index in [1.807, 2.05) is 12.2 Å². The summed E-state index contributed by atoms with van der Waals surface area (Å²) >= 11 is 0. The maximum atomic E-state index is 3.60. The molecule has 8 heavy (non-hydrogen) atoms. The number of hydrogen-bond acceptors (Lipinski definition) is 2. The summed E-state index contributed by atoms with van der Waals surface area (Å²) < 4.78 is 0. The van der Waals surface area contributed by atoms with Crippen LogP contribution in [0.4, 0.5) is 0 Å². The first-order valence-electron chi connectivity index (χ1n) is 2.38. The summed E-state index contributed by atoms with van der Waals surface area (Å²) in [5.74, 6) is 2.05. The van der Waals surface area contributed by atoms with Crippen molar-refractivity contribution in [3.63, 3.8) is 0 Å². The Bertz CT molecular complexity index is 63.5. The molecule has 0 aromatic rings. The molecule has 0 aromatic heterocycles. The summed E-state index contributed by atoms with van der Waals surface area (Å²) in [5.41, 5.74) is 0. The van der Waals surface area contributed by atoms with Gasteiger partial charge < -0.3 is 0 Å². The van der Waals surface area contributed by atoms with Gasteiger partial charge >= 0.3 is 1.43 Å². The van der Waals surface area contributed by atoms with Gasteiger partial charge in [-0.3, -0.25) is 0 Å². The normalized spacial score (nSPS) is 8.50. The van der Waals surface area contributed by atoms with Gasteiger partial charge in [-0.15, -0.1) is 13.2 Å². The Morgan fingerprint density at radius 3 is 1.75 bits per heavy atom. The van der Waals surface area contributed by atoms with Gasteiger partial charge in [0.05, 0.1) is 0 Å². The first-order chi connectivity index (χ1) is 3.91. The summed E-state index contributed by atoms with van der Waals surface area (Å²) in [4.78, 5) is 0. The van der Waals surface area contributed by atoms with E-state index in [1.54, 1.807) is 21.6 Å². The molecule has 0 rings (SSSR count). The molecule has 2 heteroatoms. The topological polar surface area (TPSA) is 0 Å². The fourth-order valence-electron chi connectivity index (χ4n) is 0.192. The molecule has 0 aliphatic heterocycles. The molecule has 0 aliphatic rings. The minimum atomic E-state index is 0. The van der Waals surface area contributed by atoms with E-state index in [1.165, 1.54) is 0 Å². The average molecular weight is 147 g/mol. The van der Waals surface area contributed by atoms with Crippen LogP contribution in [0.2, 0.25) is 0 Å². The van der Waals surface area contributed by atoms with Gasteiger partial charge in [-0.25, -0.2) is 0 Å². The maximum absolute atomic E-state index is 3.60. The molecule has 0 amide bonds. The van der Waals surface area contributed by atoms with Gasteiger partial charge in [0.25, 0.3) is 0 Å². The highest BCUT2D eigenvalue weighted by Crippen LogP contribution is 2.20. The molecule has 0 fully saturated rings. The lowest BCUT2D eigenvalue weighted by molar-refractivity contribution is 1.83. The highest BCUT2D eigenvalue weighted by atomic mass is 33.1. The second-order valence-corrected chi connectivity index (χ2v) is 3.70. The van der Waals surface area contributed by atoms with E-state index < -0.39 is 0 Å². The van der Waals surface area contributed by atoms with E-state index in [2.05, 4.69) is 13.2 Å². The van der Waals surface area contributed by atoms with Crippen LogP contribution in [0.3, 0.4) is 0 Å². The second-order valence-electron chi connectivity index (χ2n) is 1.15. The minimum Gasteiger partial charge on any atom is -0.102 e. The van der Waals surface area contributed by atoms with E-state index in [0.29, 0.717) is 0 Å². The summed E-state index contributed by atoms with van der Waals surface area (Å²) in [6.45, 7) is 7.20. The van der Waals surface area contributed by atoms with Crippen molar-refractivity contribution in [1.82, 2.24) is 0 Å². The van der Waals surface area contributed by atoms with Gasteiger partial charge in [0, 0.05) is 11.5 Å². The van der Waals surface area contributed by atoms with Crippen LogP contribution >= 0.6 is 21.6 Å². The van der Waals surface area contributed by atoms with Crippen molar-refractivity contribution in [1.29, 1.82) is 0 Å². The molecule has 0 heterocycles. The van der Waals surface area contributed by atoms with Crippen molar-refractivity contribution < 1.29 is 1.43 Å². The second kappa shape index (κ2) is 7.18. The summed E-state index contributed by atoms with van der Waals surface area (Å²) in [7, 11) is 3.61. The van der Waals surface area contributed by atoms with Crippen molar-refractivity contribution in [2.24, 2.45) is 0 Å². The zero-order chi connectivity index (χ0) is 6.24. The van der Waals surface area contributed by atoms with Crippen molar-refractivity contribution in [2.75, 3.05) is 11.5 Å². The quantitative estimate of drug-likeness (QED) is 0.333. The fraction of sp³-hybridized carbons (Fsp3) is 0.333. The van der Waals surface area contributed by atoms with E-state index in [-0.39, 0.29) is 1.43 Å². The molecular formula is C6H11S2+. The molecule has 0 radical (unpaired) electrons. The average Bonchev–Trinajstić information content (AvgIpc) is 1.81. The molecule has 0 nitrogen and oxygen atoms in total. The highest BCUT2D eigenvalue weighted by Gasteiger charge is 1.79. The monoisotopic (exact) mass is 147 g/mol. The molecule has 0 saturated heterocycles. The van der Waals surface area contributed by atoms with E-state index in [9.17, 15) is 0 Å². The van der Waals surface area contributed by atoms with Crippen LogP contribution in [0, 0.1) is 0 Å². The van der Waals surface area contributed by atoms with Gasteiger partial charge in [0.1, 0.15) is 0 Å². The van der Waals surface area contributed by atoms with E-state index >= 15 is 0 Å². The lowest BCUT2D eigenvalue weighted by Gasteiger charge is -1.89. The van der Waals surface area contributed by atoms with E-state index in [0.717, 1.165) is 11.5 Å². The smallest absolute Gasteiger partial charge is 0.102 e. The molecule has 0 aromatic carbocycles. The standard InChI is InChI=1S/C6H10S2/c1-3-5-7-8-6-4-2/h3-4H,1-2,5-6H2/p+1. The van der Waals surface area contributed by atoms with Gasteiger partial charge in [-0.05, 0) is 0 Å². The molecule has 0 bridgehead atoms. The third kappa shape index (κ3) is 6.18. The third-order valence-electron chi connectivity index (χ3n) is 0.455. The predicted octanol–water partition coefficient (Wildman–Crippen LogP) is 2.85. The lowest BCUT2D eigenvalue weighted by Crippen LogP contribution is -1.64. The first-order valence-corrected chi connectivity index (χ1v) is 4.87. The van der Waals surface area contributed by atoms with Crippen molar-refractivity contribution in [2.45, 2.75) is 0 Å². The van der Waals surface area contributed by atoms with Crippen LogP contribution in [0.15, 0.2) is 25.3 Å². The SMILES string of the molecule is C=CCSSCC=C.[H+]. The predicted molar refractivity (Wildman–Crippen MR) is 46.4 cm³/mol. The maximum Gasteiger partial charge on any atom is 1.00 e. The van der Waals surface area contributed by atoms with Crippen molar-refractivity contribution in [3.8, 4) is 0 Å². The Morgan fingerprint density at radius 1 is 1.12 bits per heavy atom. The molecular weight excluding hydrogens is 136 g/mol. The van der Waals surface area contributed by atoms with Gasteiger partial charge in [-0.1, -0.05) is 33.7 Å². The Kier molecular flexibility index (Phi) is 7.34. The minimum absolute atomic E-state index is 0. The van der Waals surface area contributed by atoms with Crippen LogP contribution < -0.4 is 0 Å². The molecule has 0 unspecified atom stereocenters. The molecule has 0 N–H and O–H groups in total. The van der Waals surface area contributed by atoms with E-state index in [4.69, 9.17) is 0 Å². The molecule has 46 valence electrons. The summed E-state index contributed by atoms with van der Waals surface area (Å²) in [5, 5.41) is 0.